The van der Waals surface area contributed by atoms with Crippen LogP contribution in [0.1, 0.15) is 0 Å². The Balaban J connectivity index is 3.05. The van der Waals surface area contributed by atoms with E-state index in [2.05, 4.69) is 36.6 Å². The highest BCUT2D eigenvalue weighted by Gasteiger charge is 2.12. The van der Waals surface area contributed by atoms with Gasteiger partial charge in [-0.1, -0.05) is 0 Å². The fourth-order valence-electron chi connectivity index (χ4n) is 0.714. The summed E-state index contributed by atoms with van der Waals surface area (Å²) in [6.07, 6.45) is 0. The molecule has 0 saturated heterocycles. The normalized spacial score (nSPS) is 10.6. The monoisotopic (exact) mass is 318 g/mol. The topological polar surface area (TPSA) is 9.23 Å². The van der Waals surface area contributed by atoms with E-state index in [-0.39, 0.29) is 10.2 Å². The first-order valence-corrected chi connectivity index (χ1v) is 4.68. The van der Waals surface area contributed by atoms with Crippen molar-refractivity contribution in [3.8, 4) is 5.75 Å². The minimum absolute atomic E-state index is 0.234. The molecule has 0 bridgehead atoms. The smallest absolute Gasteiger partial charge is 0.387 e. The third kappa shape index (κ3) is 2.87. The molecule has 0 aliphatic heterocycles. The summed E-state index contributed by atoms with van der Waals surface area (Å²) in [5.74, 6) is -0.882. The summed E-state index contributed by atoms with van der Waals surface area (Å²) in [6.45, 7) is -2.97. The van der Waals surface area contributed by atoms with Gasteiger partial charge in [0.25, 0.3) is 0 Å². The van der Waals surface area contributed by atoms with E-state index >= 15 is 0 Å². The highest BCUT2D eigenvalue weighted by molar-refractivity contribution is 9.13. The van der Waals surface area contributed by atoms with E-state index in [0.717, 1.165) is 12.1 Å². The Morgan fingerprint density at radius 1 is 1.23 bits per heavy atom. The molecule has 0 saturated carbocycles. The van der Waals surface area contributed by atoms with Gasteiger partial charge in [-0.15, -0.1) is 0 Å². The van der Waals surface area contributed by atoms with Crippen LogP contribution in [0.3, 0.4) is 0 Å². The van der Waals surface area contributed by atoms with Crippen LogP contribution in [0.25, 0.3) is 0 Å². The average molecular weight is 320 g/mol. The second-order valence-corrected chi connectivity index (χ2v) is 3.73. The lowest BCUT2D eigenvalue weighted by Gasteiger charge is -2.07. The Kier molecular flexibility index (Phi) is 3.61. The molecule has 0 aliphatic carbocycles. The van der Waals surface area contributed by atoms with E-state index in [1.54, 1.807) is 0 Å². The molecule has 0 fully saturated rings. The lowest BCUT2D eigenvalue weighted by molar-refractivity contribution is -0.0505. The van der Waals surface area contributed by atoms with E-state index in [9.17, 15) is 13.2 Å². The van der Waals surface area contributed by atoms with Crippen molar-refractivity contribution in [1.29, 1.82) is 0 Å². The number of rotatable bonds is 2. The van der Waals surface area contributed by atoms with Gasteiger partial charge in [0.2, 0.25) is 0 Å². The molecule has 0 aromatic heterocycles. The molecule has 0 radical (unpaired) electrons. The van der Waals surface area contributed by atoms with Gasteiger partial charge in [-0.3, -0.25) is 0 Å². The quantitative estimate of drug-likeness (QED) is 0.750. The van der Waals surface area contributed by atoms with Gasteiger partial charge >= 0.3 is 6.61 Å². The largest absolute Gasteiger partial charge is 0.433 e. The van der Waals surface area contributed by atoms with Crippen LogP contribution in [-0.2, 0) is 0 Å². The van der Waals surface area contributed by atoms with Crippen LogP contribution in [0.15, 0.2) is 21.1 Å². The fourth-order valence-corrected chi connectivity index (χ4v) is 1.45. The summed E-state index contributed by atoms with van der Waals surface area (Å²) >= 11 is 5.95. The second-order valence-electron chi connectivity index (χ2n) is 2.08. The summed E-state index contributed by atoms with van der Waals surface area (Å²) in [4.78, 5) is 0. The van der Waals surface area contributed by atoms with Gasteiger partial charge in [-0.25, -0.2) is 4.39 Å². The van der Waals surface area contributed by atoms with Gasteiger partial charge in [0.1, 0.15) is 11.6 Å². The zero-order valence-electron chi connectivity index (χ0n) is 6.03. The summed E-state index contributed by atoms with van der Waals surface area (Å²) in [6, 6.07) is 2.02. The lowest BCUT2D eigenvalue weighted by atomic mass is 10.3. The SMILES string of the molecule is Fc1cc(Br)c(Br)c(OC(F)F)c1. The van der Waals surface area contributed by atoms with Crippen LogP contribution in [0.5, 0.6) is 5.75 Å². The van der Waals surface area contributed by atoms with Crippen molar-refractivity contribution in [2.45, 2.75) is 6.61 Å². The number of halogens is 5. The predicted octanol–water partition coefficient (Wildman–Crippen LogP) is 3.95. The van der Waals surface area contributed by atoms with Crippen LogP contribution >= 0.6 is 31.9 Å². The molecule has 0 amide bonds. The molecule has 0 atom stereocenters. The van der Waals surface area contributed by atoms with Crippen molar-refractivity contribution in [3.05, 3.63) is 26.9 Å². The Morgan fingerprint density at radius 2 is 1.85 bits per heavy atom. The van der Waals surface area contributed by atoms with E-state index in [0.29, 0.717) is 4.47 Å². The van der Waals surface area contributed by atoms with E-state index < -0.39 is 12.4 Å². The first-order chi connectivity index (χ1) is 6.00. The molecule has 6 heteroatoms. The van der Waals surface area contributed by atoms with Crippen LogP contribution in [0.2, 0.25) is 0 Å². The zero-order valence-corrected chi connectivity index (χ0v) is 9.20. The van der Waals surface area contributed by atoms with Crippen LogP contribution in [0.4, 0.5) is 13.2 Å². The van der Waals surface area contributed by atoms with Crippen molar-refractivity contribution < 1.29 is 17.9 Å². The lowest BCUT2D eigenvalue weighted by Crippen LogP contribution is -2.03. The maximum absolute atomic E-state index is 12.7. The van der Waals surface area contributed by atoms with Crippen molar-refractivity contribution >= 4 is 31.9 Å². The van der Waals surface area contributed by atoms with Gasteiger partial charge < -0.3 is 4.74 Å². The first-order valence-electron chi connectivity index (χ1n) is 3.10. The Morgan fingerprint density at radius 3 is 2.38 bits per heavy atom. The number of ether oxygens (including phenoxy) is 1. The number of hydrogen-bond donors (Lipinski definition) is 0. The number of benzene rings is 1. The molecule has 0 spiro atoms. The van der Waals surface area contributed by atoms with Crippen molar-refractivity contribution in [1.82, 2.24) is 0 Å². The predicted molar refractivity (Wildman–Crippen MR) is 48.4 cm³/mol. The van der Waals surface area contributed by atoms with Crippen molar-refractivity contribution in [2.24, 2.45) is 0 Å². The minimum atomic E-state index is -2.97. The zero-order chi connectivity index (χ0) is 10.0. The van der Waals surface area contributed by atoms with Crippen molar-refractivity contribution in [2.75, 3.05) is 0 Å². The fraction of sp³-hybridized carbons (Fsp3) is 0.143. The Labute approximate surface area is 89.1 Å². The van der Waals surface area contributed by atoms with Crippen LogP contribution < -0.4 is 4.74 Å². The summed E-state index contributed by atoms with van der Waals surface area (Å²) in [7, 11) is 0. The molecule has 0 unspecified atom stereocenters. The summed E-state index contributed by atoms with van der Waals surface area (Å²) in [5.41, 5.74) is 0. The number of hydrogen-bond acceptors (Lipinski definition) is 1. The van der Waals surface area contributed by atoms with Crippen molar-refractivity contribution in [3.63, 3.8) is 0 Å². The molecule has 1 aromatic carbocycles. The molecule has 0 aliphatic rings. The minimum Gasteiger partial charge on any atom is -0.433 e. The molecular weight excluding hydrogens is 317 g/mol. The van der Waals surface area contributed by atoms with Gasteiger partial charge in [0, 0.05) is 10.5 Å². The molecule has 1 aromatic rings. The molecule has 13 heavy (non-hydrogen) atoms. The highest BCUT2D eigenvalue weighted by Crippen LogP contribution is 2.34. The van der Waals surface area contributed by atoms with E-state index in [1.807, 2.05) is 0 Å². The second kappa shape index (κ2) is 4.32. The molecule has 1 nitrogen and oxygen atoms in total. The average Bonchev–Trinajstić information content (AvgIpc) is 1.98. The highest BCUT2D eigenvalue weighted by atomic mass is 79.9. The number of alkyl halides is 2. The molecule has 1 rings (SSSR count). The van der Waals surface area contributed by atoms with Crippen LogP contribution in [0, 0.1) is 5.82 Å². The summed E-state index contributed by atoms with van der Waals surface area (Å²) in [5, 5.41) is 0. The maximum atomic E-state index is 12.7. The van der Waals surface area contributed by atoms with E-state index in [4.69, 9.17) is 0 Å². The van der Waals surface area contributed by atoms with Crippen LogP contribution in [-0.4, -0.2) is 6.61 Å². The molecule has 72 valence electrons. The van der Waals surface area contributed by atoms with E-state index in [1.165, 1.54) is 0 Å². The molecule has 0 N–H and O–H groups in total. The molecule has 0 heterocycles. The third-order valence-electron chi connectivity index (χ3n) is 1.18. The maximum Gasteiger partial charge on any atom is 0.387 e. The Hall–Kier alpha value is -0.230. The Bertz CT molecular complexity index is 317. The van der Waals surface area contributed by atoms with Gasteiger partial charge in [0.05, 0.1) is 4.47 Å². The van der Waals surface area contributed by atoms with Gasteiger partial charge in [-0.2, -0.15) is 8.78 Å². The first kappa shape index (κ1) is 10.8. The standard InChI is InChI=1S/C7H3Br2F3O/c8-4-1-3(10)2-5(6(4)9)13-7(11)12/h1-2,7H. The third-order valence-corrected chi connectivity index (χ3v) is 3.15. The summed E-state index contributed by atoms with van der Waals surface area (Å²) < 4.78 is 40.9. The molecular formula is C7H3Br2F3O. The van der Waals surface area contributed by atoms with Gasteiger partial charge in [-0.05, 0) is 37.9 Å². The van der Waals surface area contributed by atoms with Gasteiger partial charge in [0.15, 0.2) is 0 Å².